The maximum Gasteiger partial charge on any atom is 0.243 e. The topological polar surface area (TPSA) is 71.5 Å². The fraction of sp³-hybridized carbons (Fsp3) is 0.571. The summed E-state index contributed by atoms with van der Waals surface area (Å²) in [7, 11) is -6.92. The fourth-order valence-electron chi connectivity index (χ4n) is 2.70. The van der Waals surface area contributed by atoms with E-state index in [2.05, 4.69) is 0 Å². The third-order valence-electron chi connectivity index (χ3n) is 3.80. The summed E-state index contributed by atoms with van der Waals surface area (Å²) in [6.07, 6.45) is 0.969. The molecular formula is C14H20ClNO4S2. The molecule has 0 radical (unpaired) electrons. The highest BCUT2D eigenvalue weighted by Crippen LogP contribution is 2.28. The minimum atomic E-state index is -3.77. The first kappa shape index (κ1) is 17.7. The Bertz CT molecular complexity index is 759. The third kappa shape index (κ3) is 3.64. The van der Waals surface area contributed by atoms with Crippen molar-refractivity contribution in [3.05, 3.63) is 28.8 Å². The van der Waals surface area contributed by atoms with Crippen LogP contribution >= 0.6 is 11.6 Å². The number of sulfone groups is 1. The minimum Gasteiger partial charge on any atom is -0.229 e. The molecule has 1 aromatic carbocycles. The molecule has 1 aromatic rings. The SMILES string of the molecule is CCCN([C@@H]1CCS(=O)(=O)C1)S(=O)(=O)c1cc(Cl)ccc1C. The second-order valence-electron chi connectivity index (χ2n) is 5.58. The van der Waals surface area contributed by atoms with E-state index in [0.29, 0.717) is 30.0 Å². The summed E-state index contributed by atoms with van der Waals surface area (Å²) in [4.78, 5) is 0.151. The maximum absolute atomic E-state index is 13.0. The van der Waals surface area contributed by atoms with Crippen molar-refractivity contribution in [2.45, 2.75) is 37.6 Å². The summed E-state index contributed by atoms with van der Waals surface area (Å²) in [5.74, 6) is -0.0617. The molecule has 1 atom stereocenters. The van der Waals surface area contributed by atoms with Crippen LogP contribution in [0.5, 0.6) is 0 Å². The van der Waals surface area contributed by atoms with Gasteiger partial charge in [-0.05, 0) is 37.5 Å². The predicted octanol–water partition coefficient (Wildman–Crippen LogP) is 2.24. The molecule has 0 bridgehead atoms. The molecule has 0 N–H and O–H groups in total. The molecule has 1 aliphatic heterocycles. The van der Waals surface area contributed by atoms with Crippen molar-refractivity contribution in [2.24, 2.45) is 0 Å². The molecular weight excluding hydrogens is 346 g/mol. The van der Waals surface area contributed by atoms with Gasteiger partial charge in [-0.3, -0.25) is 0 Å². The van der Waals surface area contributed by atoms with Crippen LogP contribution < -0.4 is 0 Å². The van der Waals surface area contributed by atoms with Crippen molar-refractivity contribution in [3.8, 4) is 0 Å². The van der Waals surface area contributed by atoms with E-state index in [1.165, 1.54) is 10.4 Å². The van der Waals surface area contributed by atoms with E-state index >= 15 is 0 Å². The Morgan fingerprint density at radius 2 is 2.05 bits per heavy atom. The maximum atomic E-state index is 13.0. The average Bonchev–Trinajstić information content (AvgIpc) is 2.78. The number of halogens is 1. The molecule has 0 unspecified atom stereocenters. The first-order valence-electron chi connectivity index (χ1n) is 7.16. The van der Waals surface area contributed by atoms with Crippen LogP contribution in [0.2, 0.25) is 5.02 Å². The molecule has 5 nitrogen and oxygen atoms in total. The van der Waals surface area contributed by atoms with Gasteiger partial charge in [0.1, 0.15) is 0 Å². The molecule has 1 saturated heterocycles. The van der Waals surface area contributed by atoms with Gasteiger partial charge in [-0.25, -0.2) is 16.8 Å². The molecule has 1 aliphatic rings. The highest BCUT2D eigenvalue weighted by molar-refractivity contribution is 7.92. The Labute approximate surface area is 137 Å². The van der Waals surface area contributed by atoms with Gasteiger partial charge in [-0.2, -0.15) is 4.31 Å². The molecule has 2 rings (SSSR count). The lowest BCUT2D eigenvalue weighted by Crippen LogP contribution is -2.41. The zero-order valence-corrected chi connectivity index (χ0v) is 15.0. The summed E-state index contributed by atoms with van der Waals surface area (Å²) in [5.41, 5.74) is 0.603. The van der Waals surface area contributed by atoms with Crippen molar-refractivity contribution >= 4 is 31.5 Å². The molecule has 0 saturated carbocycles. The number of sulfonamides is 1. The quantitative estimate of drug-likeness (QED) is 0.802. The molecule has 0 spiro atoms. The van der Waals surface area contributed by atoms with Crippen molar-refractivity contribution in [2.75, 3.05) is 18.1 Å². The number of aryl methyl sites for hydroxylation is 1. The van der Waals surface area contributed by atoms with Gasteiger partial charge in [-0.1, -0.05) is 24.6 Å². The van der Waals surface area contributed by atoms with Crippen LogP contribution in [-0.2, 0) is 19.9 Å². The predicted molar refractivity (Wildman–Crippen MR) is 87.4 cm³/mol. The third-order valence-corrected chi connectivity index (χ3v) is 7.88. The van der Waals surface area contributed by atoms with E-state index in [0.717, 1.165) is 0 Å². The first-order chi connectivity index (χ1) is 10.2. The summed E-state index contributed by atoms with van der Waals surface area (Å²) >= 11 is 5.93. The Morgan fingerprint density at radius 1 is 1.36 bits per heavy atom. The number of hydrogen-bond donors (Lipinski definition) is 0. The molecule has 0 amide bonds. The van der Waals surface area contributed by atoms with Gasteiger partial charge in [0.15, 0.2) is 9.84 Å². The number of nitrogens with zero attached hydrogens (tertiary/aromatic N) is 1. The largest absolute Gasteiger partial charge is 0.243 e. The van der Waals surface area contributed by atoms with E-state index in [4.69, 9.17) is 11.6 Å². The Hall–Kier alpha value is -0.630. The highest BCUT2D eigenvalue weighted by Gasteiger charge is 2.38. The molecule has 0 aromatic heterocycles. The minimum absolute atomic E-state index is 0.0436. The number of benzene rings is 1. The van der Waals surface area contributed by atoms with Crippen LogP contribution in [0.3, 0.4) is 0 Å². The molecule has 1 heterocycles. The van der Waals surface area contributed by atoms with Gasteiger partial charge in [0, 0.05) is 17.6 Å². The lowest BCUT2D eigenvalue weighted by molar-refractivity contribution is 0.340. The average molecular weight is 366 g/mol. The molecule has 0 aliphatic carbocycles. The lowest BCUT2D eigenvalue weighted by atomic mass is 10.2. The first-order valence-corrected chi connectivity index (χ1v) is 10.8. The van der Waals surface area contributed by atoms with E-state index in [1.54, 1.807) is 19.1 Å². The Kier molecular flexibility index (Phi) is 5.21. The zero-order chi connectivity index (χ0) is 16.5. The molecule has 8 heteroatoms. The lowest BCUT2D eigenvalue weighted by Gasteiger charge is -2.27. The number of hydrogen-bond acceptors (Lipinski definition) is 4. The summed E-state index contributed by atoms with van der Waals surface area (Å²) in [6.45, 7) is 3.88. The second-order valence-corrected chi connectivity index (χ2v) is 10.1. The fourth-order valence-corrected chi connectivity index (χ4v) is 6.76. The Balaban J connectivity index is 2.45. The van der Waals surface area contributed by atoms with Gasteiger partial charge < -0.3 is 0 Å². The van der Waals surface area contributed by atoms with E-state index in [1.807, 2.05) is 6.92 Å². The Morgan fingerprint density at radius 3 is 2.59 bits per heavy atom. The van der Waals surface area contributed by atoms with Gasteiger partial charge in [0.25, 0.3) is 0 Å². The second kappa shape index (κ2) is 6.47. The van der Waals surface area contributed by atoms with E-state index in [9.17, 15) is 16.8 Å². The van der Waals surface area contributed by atoms with Crippen LogP contribution in [0.25, 0.3) is 0 Å². The van der Waals surface area contributed by atoms with Crippen molar-refractivity contribution in [3.63, 3.8) is 0 Å². The van der Waals surface area contributed by atoms with Crippen molar-refractivity contribution in [1.29, 1.82) is 0 Å². The van der Waals surface area contributed by atoms with Gasteiger partial charge >= 0.3 is 0 Å². The monoisotopic (exact) mass is 365 g/mol. The van der Waals surface area contributed by atoms with E-state index < -0.39 is 25.9 Å². The van der Waals surface area contributed by atoms with Crippen LogP contribution in [0.4, 0.5) is 0 Å². The molecule has 1 fully saturated rings. The van der Waals surface area contributed by atoms with Crippen molar-refractivity contribution in [1.82, 2.24) is 4.31 Å². The molecule has 22 heavy (non-hydrogen) atoms. The van der Waals surface area contributed by atoms with Gasteiger partial charge in [0.05, 0.1) is 16.4 Å². The number of rotatable bonds is 5. The van der Waals surface area contributed by atoms with Gasteiger partial charge in [-0.15, -0.1) is 0 Å². The van der Waals surface area contributed by atoms with Gasteiger partial charge in [0.2, 0.25) is 10.0 Å². The van der Waals surface area contributed by atoms with Crippen LogP contribution in [0.1, 0.15) is 25.3 Å². The van der Waals surface area contributed by atoms with Crippen LogP contribution in [0, 0.1) is 6.92 Å². The zero-order valence-electron chi connectivity index (χ0n) is 12.6. The van der Waals surface area contributed by atoms with E-state index in [-0.39, 0.29) is 16.4 Å². The summed E-state index contributed by atoms with van der Waals surface area (Å²) in [5, 5.41) is 0.347. The summed E-state index contributed by atoms with van der Waals surface area (Å²) in [6, 6.07) is 4.23. The van der Waals surface area contributed by atoms with Crippen LogP contribution in [0.15, 0.2) is 23.1 Å². The summed E-state index contributed by atoms with van der Waals surface area (Å²) < 4.78 is 50.6. The van der Waals surface area contributed by atoms with Crippen molar-refractivity contribution < 1.29 is 16.8 Å². The molecule has 124 valence electrons. The van der Waals surface area contributed by atoms with Crippen LogP contribution in [-0.4, -0.2) is 45.2 Å². The highest BCUT2D eigenvalue weighted by atomic mass is 35.5. The standard InChI is InChI=1S/C14H20ClNO4S2/c1-3-7-16(13-6-8-21(17,18)10-13)22(19,20)14-9-12(15)5-4-11(14)2/h4-5,9,13H,3,6-8,10H2,1-2H3/t13-/m1/s1. The smallest absolute Gasteiger partial charge is 0.229 e. The normalized spacial score (nSPS) is 21.4.